The van der Waals surface area contributed by atoms with Gasteiger partial charge < -0.3 is 10.5 Å². The molecule has 1 heterocycles. The number of fused-ring (bicyclic) bond motifs is 1. The normalized spacial score (nSPS) is 12.7. The third-order valence-electron chi connectivity index (χ3n) is 5.55. The van der Waals surface area contributed by atoms with Crippen LogP contribution in [0.25, 0.3) is 22.0 Å². The summed E-state index contributed by atoms with van der Waals surface area (Å²) in [6, 6.07) is 14.3. The summed E-state index contributed by atoms with van der Waals surface area (Å²) in [5.41, 5.74) is 7.08. The predicted octanol–water partition coefficient (Wildman–Crippen LogP) is 6.57. The van der Waals surface area contributed by atoms with Crippen LogP contribution in [0.1, 0.15) is 35.6 Å². The van der Waals surface area contributed by atoms with Crippen molar-refractivity contribution in [1.29, 1.82) is 0 Å². The van der Waals surface area contributed by atoms with E-state index in [1.54, 1.807) is 49.4 Å². The van der Waals surface area contributed by atoms with Gasteiger partial charge in [-0.25, -0.2) is 4.39 Å². The number of benzene rings is 3. The Labute approximate surface area is 198 Å². The van der Waals surface area contributed by atoms with Crippen LogP contribution in [0.15, 0.2) is 60.7 Å². The number of hydrogen-bond acceptors (Lipinski definition) is 3. The standard InChI is InChI=1S/C26H22F5N3O/c1-2-21(17-11-18(26(29,30)31)14-19(27)12-17)24(15-3-6-20(7-4-15)35-10-9-32)16-5-8-23-22(13-16)25(28)34-33-23/h3-8,11-14H,2,9-10,32H2,1H3,(H,33,34)/b24-21+. The third-order valence-corrected chi connectivity index (χ3v) is 5.55. The lowest BCUT2D eigenvalue weighted by atomic mass is 9.87. The Bertz CT molecular complexity index is 1370. The first-order valence-corrected chi connectivity index (χ1v) is 10.9. The molecule has 0 aliphatic heterocycles. The second-order valence-electron chi connectivity index (χ2n) is 7.86. The fourth-order valence-corrected chi connectivity index (χ4v) is 4.00. The van der Waals surface area contributed by atoms with E-state index < -0.39 is 23.5 Å². The molecule has 0 unspecified atom stereocenters. The molecule has 0 aliphatic carbocycles. The minimum absolute atomic E-state index is 0.0889. The van der Waals surface area contributed by atoms with E-state index in [0.29, 0.717) is 52.8 Å². The second kappa shape index (κ2) is 9.87. The Morgan fingerprint density at radius 2 is 1.66 bits per heavy atom. The van der Waals surface area contributed by atoms with Crippen molar-refractivity contribution in [3.63, 3.8) is 0 Å². The minimum atomic E-state index is -4.71. The Balaban J connectivity index is 1.96. The first kappa shape index (κ1) is 24.4. The summed E-state index contributed by atoms with van der Waals surface area (Å²) in [4.78, 5) is 0. The van der Waals surface area contributed by atoms with E-state index in [1.807, 2.05) is 0 Å². The second-order valence-corrected chi connectivity index (χ2v) is 7.86. The number of nitrogens with one attached hydrogen (secondary N) is 1. The van der Waals surface area contributed by atoms with Crippen LogP contribution in [0.2, 0.25) is 0 Å². The molecule has 0 bridgehead atoms. The first-order chi connectivity index (χ1) is 16.7. The van der Waals surface area contributed by atoms with Gasteiger partial charge in [-0.05, 0) is 76.7 Å². The quantitative estimate of drug-likeness (QED) is 0.229. The molecule has 0 spiro atoms. The molecule has 0 fully saturated rings. The Kier molecular flexibility index (Phi) is 6.88. The molecule has 35 heavy (non-hydrogen) atoms. The molecule has 3 aromatic carbocycles. The maximum absolute atomic E-state index is 14.3. The summed E-state index contributed by atoms with van der Waals surface area (Å²) >= 11 is 0. The minimum Gasteiger partial charge on any atom is -0.492 e. The van der Waals surface area contributed by atoms with E-state index >= 15 is 0 Å². The van der Waals surface area contributed by atoms with Crippen LogP contribution in [0.4, 0.5) is 22.0 Å². The average Bonchev–Trinajstić information content (AvgIpc) is 3.20. The molecule has 3 N–H and O–H groups in total. The molecule has 0 aliphatic rings. The predicted molar refractivity (Wildman–Crippen MR) is 125 cm³/mol. The van der Waals surface area contributed by atoms with Crippen molar-refractivity contribution in [1.82, 2.24) is 10.2 Å². The summed E-state index contributed by atoms with van der Waals surface area (Å²) in [6.45, 7) is 2.43. The van der Waals surface area contributed by atoms with Crippen LogP contribution in [0, 0.1) is 11.8 Å². The number of nitrogens with zero attached hydrogens (tertiary/aromatic N) is 1. The number of rotatable bonds is 7. The fourth-order valence-electron chi connectivity index (χ4n) is 4.00. The summed E-state index contributed by atoms with van der Waals surface area (Å²) in [5, 5.41) is 6.40. The van der Waals surface area contributed by atoms with Crippen LogP contribution in [0.3, 0.4) is 0 Å². The molecular formula is C26H22F5N3O. The summed E-state index contributed by atoms with van der Waals surface area (Å²) < 4.78 is 74.4. The highest BCUT2D eigenvalue weighted by Crippen LogP contribution is 2.39. The lowest BCUT2D eigenvalue weighted by Crippen LogP contribution is -2.10. The van der Waals surface area contributed by atoms with Gasteiger partial charge in [0.1, 0.15) is 18.2 Å². The van der Waals surface area contributed by atoms with Gasteiger partial charge in [-0.15, -0.1) is 0 Å². The first-order valence-electron chi connectivity index (χ1n) is 10.9. The molecule has 0 radical (unpaired) electrons. The van der Waals surface area contributed by atoms with Gasteiger partial charge in [0, 0.05) is 6.54 Å². The number of nitrogens with two attached hydrogens (primary N) is 1. The van der Waals surface area contributed by atoms with Crippen LogP contribution in [-0.4, -0.2) is 23.3 Å². The fraction of sp³-hybridized carbons (Fsp3) is 0.192. The largest absolute Gasteiger partial charge is 0.492 e. The SMILES string of the molecule is CC/C(=C(/c1ccc(OCCN)cc1)c1ccc2n[nH]c(F)c2c1)c1cc(F)cc(C(F)(F)F)c1. The number of H-pyrrole nitrogens is 1. The van der Waals surface area contributed by atoms with Crippen LogP contribution in [0.5, 0.6) is 5.75 Å². The van der Waals surface area contributed by atoms with E-state index in [4.69, 9.17) is 10.5 Å². The van der Waals surface area contributed by atoms with E-state index in [2.05, 4.69) is 10.2 Å². The van der Waals surface area contributed by atoms with Crippen molar-refractivity contribution in [3.8, 4) is 5.75 Å². The van der Waals surface area contributed by atoms with Crippen molar-refractivity contribution in [2.24, 2.45) is 5.73 Å². The summed E-state index contributed by atoms with van der Waals surface area (Å²) in [7, 11) is 0. The van der Waals surface area contributed by atoms with Gasteiger partial charge in [0.05, 0.1) is 16.5 Å². The molecular weight excluding hydrogens is 465 g/mol. The van der Waals surface area contributed by atoms with Gasteiger partial charge in [0.15, 0.2) is 0 Å². The molecule has 9 heteroatoms. The Morgan fingerprint density at radius 1 is 0.943 bits per heavy atom. The molecule has 182 valence electrons. The number of alkyl halides is 3. The zero-order valence-corrected chi connectivity index (χ0v) is 18.7. The zero-order chi connectivity index (χ0) is 25.2. The highest BCUT2D eigenvalue weighted by atomic mass is 19.4. The van der Waals surface area contributed by atoms with Crippen LogP contribution < -0.4 is 10.5 Å². The molecule has 4 rings (SSSR count). The molecule has 0 amide bonds. The maximum atomic E-state index is 14.3. The van der Waals surface area contributed by atoms with Gasteiger partial charge in [-0.2, -0.15) is 22.7 Å². The van der Waals surface area contributed by atoms with Crippen LogP contribution in [-0.2, 0) is 6.18 Å². The van der Waals surface area contributed by atoms with Crippen molar-refractivity contribution < 1.29 is 26.7 Å². The van der Waals surface area contributed by atoms with Crippen LogP contribution >= 0.6 is 0 Å². The van der Waals surface area contributed by atoms with Crippen molar-refractivity contribution in [2.75, 3.05) is 13.2 Å². The number of aromatic amines is 1. The number of ether oxygens (including phenoxy) is 1. The summed E-state index contributed by atoms with van der Waals surface area (Å²) in [6.07, 6.45) is -4.43. The topological polar surface area (TPSA) is 63.9 Å². The van der Waals surface area contributed by atoms with Crippen molar-refractivity contribution >= 4 is 22.0 Å². The van der Waals surface area contributed by atoms with Crippen molar-refractivity contribution in [2.45, 2.75) is 19.5 Å². The van der Waals surface area contributed by atoms with E-state index in [0.717, 1.165) is 12.1 Å². The van der Waals surface area contributed by atoms with Crippen molar-refractivity contribution in [3.05, 3.63) is 94.7 Å². The number of hydrogen-bond donors (Lipinski definition) is 2. The molecule has 1 aromatic heterocycles. The number of halogens is 5. The smallest absolute Gasteiger partial charge is 0.416 e. The third kappa shape index (κ3) is 5.19. The highest BCUT2D eigenvalue weighted by Gasteiger charge is 2.32. The summed E-state index contributed by atoms with van der Waals surface area (Å²) in [5.74, 6) is -1.06. The van der Waals surface area contributed by atoms with E-state index in [1.165, 1.54) is 0 Å². The number of allylic oxidation sites excluding steroid dienone is 1. The van der Waals surface area contributed by atoms with E-state index in [9.17, 15) is 22.0 Å². The van der Waals surface area contributed by atoms with Gasteiger partial charge in [0.2, 0.25) is 5.95 Å². The lowest BCUT2D eigenvalue weighted by molar-refractivity contribution is -0.137. The molecule has 0 atom stereocenters. The monoisotopic (exact) mass is 487 g/mol. The Morgan fingerprint density at radius 3 is 2.31 bits per heavy atom. The maximum Gasteiger partial charge on any atom is 0.416 e. The lowest BCUT2D eigenvalue weighted by Gasteiger charge is -2.18. The van der Waals surface area contributed by atoms with Gasteiger partial charge >= 0.3 is 6.18 Å². The zero-order valence-electron chi connectivity index (χ0n) is 18.7. The molecule has 0 saturated heterocycles. The molecule has 0 saturated carbocycles. The average molecular weight is 487 g/mol. The Hall–Kier alpha value is -3.72. The van der Waals surface area contributed by atoms with E-state index in [-0.39, 0.29) is 17.4 Å². The van der Waals surface area contributed by atoms with Gasteiger partial charge in [0.25, 0.3) is 0 Å². The highest BCUT2D eigenvalue weighted by molar-refractivity contribution is 6.00. The van der Waals surface area contributed by atoms with Gasteiger partial charge in [-0.1, -0.05) is 25.1 Å². The molecule has 4 aromatic rings. The molecule has 4 nitrogen and oxygen atoms in total. The number of aromatic nitrogens is 2. The van der Waals surface area contributed by atoms with Gasteiger partial charge in [-0.3, -0.25) is 5.10 Å².